The molecule has 2 N–H and O–H groups in total. The van der Waals surface area contributed by atoms with Crippen LogP contribution in [0.5, 0.6) is 0 Å². The van der Waals surface area contributed by atoms with Crippen molar-refractivity contribution in [2.24, 2.45) is 50.7 Å². The van der Waals surface area contributed by atoms with Gasteiger partial charge in [0.1, 0.15) is 0 Å². The van der Waals surface area contributed by atoms with Crippen LogP contribution in [0.2, 0.25) is 0 Å². The number of allylic oxidation sites excluding steroid dienone is 1. The zero-order chi connectivity index (χ0) is 27.9. The van der Waals surface area contributed by atoms with Crippen LogP contribution in [-0.4, -0.2) is 39.8 Å². The van der Waals surface area contributed by atoms with E-state index in [1.807, 2.05) is 6.92 Å². The van der Waals surface area contributed by atoms with Gasteiger partial charge in [-0.3, -0.25) is 4.79 Å². The molecule has 5 fully saturated rings. The second kappa shape index (κ2) is 7.68. The van der Waals surface area contributed by atoms with Crippen molar-refractivity contribution < 1.29 is 24.5 Å². The van der Waals surface area contributed by atoms with Crippen molar-refractivity contribution in [2.75, 3.05) is 0 Å². The maximum atomic E-state index is 13.0. The number of aliphatic carboxylic acids is 1. The predicted octanol–water partition coefficient (Wildman–Crippen LogP) is 6.97. The minimum Gasteiger partial charge on any atom is -0.481 e. The summed E-state index contributed by atoms with van der Waals surface area (Å²) in [6.07, 6.45) is 9.93. The molecule has 5 heteroatoms. The summed E-state index contributed by atoms with van der Waals surface area (Å²) in [4.78, 5) is 13.0. The Morgan fingerprint density at radius 2 is 1.61 bits per heavy atom. The number of ether oxygens (including phenoxy) is 2. The maximum Gasteiger partial charge on any atom is 0.310 e. The van der Waals surface area contributed by atoms with E-state index in [0.717, 1.165) is 38.5 Å². The van der Waals surface area contributed by atoms with E-state index in [1.165, 1.54) is 5.57 Å². The van der Waals surface area contributed by atoms with Gasteiger partial charge in [-0.15, -0.1) is 0 Å². The lowest BCUT2D eigenvalue weighted by Gasteiger charge is -2.72. The van der Waals surface area contributed by atoms with Gasteiger partial charge < -0.3 is 19.7 Å². The third-order valence-electron chi connectivity index (χ3n) is 14.2. The monoisotopic (exact) mass is 528 g/mol. The summed E-state index contributed by atoms with van der Waals surface area (Å²) in [5.41, 5.74) is -0.565. The molecule has 5 nitrogen and oxygen atoms in total. The first-order chi connectivity index (χ1) is 17.4. The largest absolute Gasteiger partial charge is 0.481 e. The van der Waals surface area contributed by atoms with E-state index in [0.29, 0.717) is 24.7 Å². The SMILES string of the molecule is C[C@@H]1CC[C@]2(C(=O)O)CC[C@]3(C)C(=CC[C@@H]4[C@@]5(C)C[C@@H]6OC(C)(C)O[C@@H]6C(C)(C)[C@@H]5CC[C@]43C)[C@@H]2[C@]1(C)O. The van der Waals surface area contributed by atoms with Gasteiger partial charge >= 0.3 is 5.97 Å². The molecular formula is C33H52O5. The van der Waals surface area contributed by atoms with E-state index in [4.69, 9.17) is 9.47 Å². The molecule has 1 aliphatic heterocycles. The van der Waals surface area contributed by atoms with Crippen LogP contribution in [0.3, 0.4) is 0 Å². The number of carbonyl (C=O) groups is 1. The lowest BCUT2D eigenvalue weighted by atomic mass is 9.33. The van der Waals surface area contributed by atoms with Crippen LogP contribution < -0.4 is 0 Å². The molecule has 11 atom stereocenters. The third kappa shape index (κ3) is 3.08. The van der Waals surface area contributed by atoms with Gasteiger partial charge in [0.05, 0.1) is 23.2 Å². The molecule has 214 valence electrons. The summed E-state index contributed by atoms with van der Waals surface area (Å²) in [5, 5.41) is 22.6. The molecule has 0 bridgehead atoms. The highest BCUT2D eigenvalue weighted by molar-refractivity contribution is 5.77. The number of carboxylic acid groups (broad SMARTS) is 1. The van der Waals surface area contributed by atoms with Gasteiger partial charge in [0, 0.05) is 5.92 Å². The van der Waals surface area contributed by atoms with Crippen LogP contribution in [0.1, 0.15) is 114 Å². The van der Waals surface area contributed by atoms with Crippen LogP contribution in [0.4, 0.5) is 0 Å². The molecule has 6 rings (SSSR count). The Labute approximate surface area is 230 Å². The van der Waals surface area contributed by atoms with E-state index >= 15 is 0 Å². The van der Waals surface area contributed by atoms with Crippen molar-refractivity contribution in [3.63, 3.8) is 0 Å². The zero-order valence-electron chi connectivity index (χ0n) is 25.3. The zero-order valence-corrected chi connectivity index (χ0v) is 25.3. The fourth-order valence-electron chi connectivity index (χ4n) is 12.0. The molecule has 1 heterocycles. The number of hydrogen-bond donors (Lipinski definition) is 2. The fourth-order valence-corrected chi connectivity index (χ4v) is 12.0. The van der Waals surface area contributed by atoms with Crippen molar-refractivity contribution in [3.8, 4) is 0 Å². The molecule has 0 aromatic rings. The highest BCUT2D eigenvalue weighted by Gasteiger charge is 2.72. The first kappa shape index (κ1) is 27.3. The Morgan fingerprint density at radius 1 is 0.921 bits per heavy atom. The first-order valence-electron chi connectivity index (χ1n) is 15.4. The maximum absolute atomic E-state index is 13.0. The standard InChI is InChI=1S/C33H52O5/c1-19-12-15-33(26(34)35)17-16-30(7)20(24(33)32(19,9)36)10-11-23-29(6)18-21-25(38-28(4,5)37-21)27(2,3)22(29)13-14-31(23,30)8/h10,19,21-25,36H,11-18H2,1-9H3,(H,34,35)/t19-,21+,22+,23-,24-,25+,29+,30-,31-,32-,33+/m1/s1. The van der Waals surface area contributed by atoms with Crippen LogP contribution >= 0.6 is 0 Å². The second-order valence-electron chi connectivity index (χ2n) is 16.5. The second-order valence-corrected chi connectivity index (χ2v) is 16.5. The van der Waals surface area contributed by atoms with E-state index < -0.39 is 22.8 Å². The van der Waals surface area contributed by atoms with Crippen molar-refractivity contribution in [1.82, 2.24) is 0 Å². The topological polar surface area (TPSA) is 76.0 Å². The Morgan fingerprint density at radius 3 is 2.26 bits per heavy atom. The van der Waals surface area contributed by atoms with Crippen molar-refractivity contribution in [2.45, 2.75) is 137 Å². The minimum absolute atomic E-state index is 0.0190. The molecule has 6 aliphatic rings. The lowest BCUT2D eigenvalue weighted by molar-refractivity contribution is -0.222. The normalized spacial score (nSPS) is 56.4. The van der Waals surface area contributed by atoms with Crippen LogP contribution in [0.25, 0.3) is 0 Å². The van der Waals surface area contributed by atoms with Crippen molar-refractivity contribution >= 4 is 5.97 Å². The fraction of sp³-hybridized carbons (Fsp3) is 0.909. The number of carboxylic acids is 1. The van der Waals surface area contributed by atoms with Gasteiger partial charge in [0.25, 0.3) is 0 Å². The van der Waals surface area contributed by atoms with E-state index in [9.17, 15) is 15.0 Å². The Balaban J connectivity index is 1.46. The van der Waals surface area contributed by atoms with Gasteiger partial charge in [-0.25, -0.2) is 0 Å². The summed E-state index contributed by atoms with van der Waals surface area (Å²) < 4.78 is 13.1. The molecule has 5 aliphatic carbocycles. The molecular weight excluding hydrogens is 476 g/mol. The summed E-state index contributed by atoms with van der Waals surface area (Å²) in [5.74, 6) is -0.457. The van der Waals surface area contributed by atoms with Crippen LogP contribution in [0, 0.1) is 50.7 Å². The average Bonchev–Trinajstić information content (AvgIpc) is 3.11. The molecule has 4 saturated carbocycles. The molecule has 0 spiro atoms. The van der Waals surface area contributed by atoms with E-state index in [-0.39, 0.29) is 45.7 Å². The molecule has 38 heavy (non-hydrogen) atoms. The molecule has 0 radical (unpaired) electrons. The third-order valence-corrected chi connectivity index (χ3v) is 14.2. The predicted molar refractivity (Wildman–Crippen MR) is 147 cm³/mol. The Hall–Kier alpha value is -0.910. The number of fused-ring (bicyclic) bond motifs is 8. The van der Waals surface area contributed by atoms with Gasteiger partial charge in [-0.2, -0.15) is 0 Å². The summed E-state index contributed by atoms with van der Waals surface area (Å²) in [6.45, 7) is 20.5. The Kier molecular flexibility index (Phi) is 5.51. The number of hydrogen-bond acceptors (Lipinski definition) is 4. The highest BCUT2D eigenvalue weighted by atomic mass is 16.8. The number of rotatable bonds is 1. The average molecular weight is 529 g/mol. The minimum atomic E-state index is -1.02. The quantitative estimate of drug-likeness (QED) is 0.359. The Bertz CT molecular complexity index is 1070. The van der Waals surface area contributed by atoms with Gasteiger partial charge in [0.2, 0.25) is 0 Å². The summed E-state index contributed by atoms with van der Waals surface area (Å²) in [6, 6.07) is 0. The number of aliphatic hydroxyl groups is 1. The lowest BCUT2D eigenvalue weighted by Crippen LogP contribution is -2.68. The summed E-state index contributed by atoms with van der Waals surface area (Å²) >= 11 is 0. The highest BCUT2D eigenvalue weighted by Crippen LogP contribution is 2.76. The van der Waals surface area contributed by atoms with Gasteiger partial charge in [-0.05, 0) is 112 Å². The van der Waals surface area contributed by atoms with Crippen molar-refractivity contribution in [1.29, 1.82) is 0 Å². The van der Waals surface area contributed by atoms with Crippen molar-refractivity contribution in [3.05, 3.63) is 11.6 Å². The smallest absolute Gasteiger partial charge is 0.310 e. The van der Waals surface area contributed by atoms with Crippen LogP contribution in [0.15, 0.2) is 11.6 Å². The molecule has 0 aromatic heterocycles. The summed E-state index contributed by atoms with van der Waals surface area (Å²) in [7, 11) is 0. The molecule has 1 saturated heterocycles. The molecule has 0 unspecified atom stereocenters. The van der Waals surface area contributed by atoms with Gasteiger partial charge in [0.15, 0.2) is 5.79 Å². The van der Waals surface area contributed by atoms with E-state index in [1.54, 1.807) is 0 Å². The van der Waals surface area contributed by atoms with E-state index in [2.05, 4.69) is 61.5 Å². The first-order valence-corrected chi connectivity index (χ1v) is 15.4. The molecule has 0 amide bonds. The van der Waals surface area contributed by atoms with Crippen LogP contribution in [-0.2, 0) is 14.3 Å². The van der Waals surface area contributed by atoms with Gasteiger partial charge in [-0.1, -0.05) is 53.2 Å². The molecule has 0 aromatic carbocycles.